The lowest BCUT2D eigenvalue weighted by molar-refractivity contribution is -0.116. The highest BCUT2D eigenvalue weighted by Gasteiger charge is 2.29. The van der Waals surface area contributed by atoms with Gasteiger partial charge in [-0.25, -0.2) is 13.4 Å². The molecule has 9 heteroatoms. The Bertz CT molecular complexity index is 1020. The van der Waals surface area contributed by atoms with Crippen molar-refractivity contribution in [2.75, 3.05) is 25.7 Å². The highest BCUT2D eigenvalue weighted by atomic mass is 35.5. The molecule has 0 saturated heterocycles. The van der Waals surface area contributed by atoms with Crippen LogP contribution in [-0.4, -0.2) is 49.5 Å². The fourth-order valence-corrected chi connectivity index (χ4v) is 5.52. The molecule has 1 aromatic heterocycles. The zero-order chi connectivity index (χ0) is 22.6. The summed E-state index contributed by atoms with van der Waals surface area (Å²) in [7, 11) is 0.508. The Morgan fingerprint density at radius 2 is 1.94 bits per heavy atom. The summed E-state index contributed by atoms with van der Waals surface area (Å²) in [5.74, 6) is 0.604. The molecule has 0 unspecified atom stereocenters. The summed E-state index contributed by atoms with van der Waals surface area (Å²) in [4.78, 5) is 23.5. The molecule has 1 amide bonds. The van der Waals surface area contributed by atoms with E-state index in [1.807, 2.05) is 19.0 Å². The van der Waals surface area contributed by atoms with Crippen LogP contribution < -0.4 is 5.32 Å². The minimum absolute atomic E-state index is 0.0328. The van der Waals surface area contributed by atoms with E-state index < -0.39 is 9.84 Å². The summed E-state index contributed by atoms with van der Waals surface area (Å²) in [6, 6.07) is 5.03. The fraction of sp³-hybridized carbons (Fsp3) is 0.500. The second kappa shape index (κ2) is 10.1. The number of nitrogens with zero attached hydrogens (tertiary/aromatic N) is 3. The van der Waals surface area contributed by atoms with Gasteiger partial charge in [0.15, 0.2) is 15.7 Å². The summed E-state index contributed by atoms with van der Waals surface area (Å²) in [5.41, 5.74) is 1.72. The first kappa shape index (κ1) is 23.6. The highest BCUT2D eigenvalue weighted by Crippen LogP contribution is 2.40. The Morgan fingerprint density at radius 3 is 2.48 bits per heavy atom. The maximum Gasteiger partial charge on any atom is 0.226 e. The first-order chi connectivity index (χ1) is 14.6. The average Bonchev–Trinajstić information content (AvgIpc) is 3.20. The van der Waals surface area contributed by atoms with Crippen molar-refractivity contribution in [1.29, 1.82) is 0 Å². The van der Waals surface area contributed by atoms with E-state index >= 15 is 0 Å². The van der Waals surface area contributed by atoms with Gasteiger partial charge in [0.2, 0.25) is 5.91 Å². The molecule has 1 atom stereocenters. The highest BCUT2D eigenvalue weighted by molar-refractivity contribution is 7.90. The standard InChI is InChI=1S/C22H29ClN4O3S/c1-27(2)14-17-12-25-21(13-24-17)26-22(28)11-18(15-6-4-5-7-15)16-8-9-20(19(23)10-16)31(3,29)30/h8-10,12-13,15,18H,4-7,11,14H2,1-3H3,(H,25,26,28)/t18-/m1/s1. The van der Waals surface area contributed by atoms with E-state index in [1.165, 1.54) is 0 Å². The molecular formula is C22H29ClN4O3S. The van der Waals surface area contributed by atoms with Gasteiger partial charge in [-0.3, -0.25) is 9.78 Å². The van der Waals surface area contributed by atoms with Crippen molar-refractivity contribution < 1.29 is 13.2 Å². The Hall–Kier alpha value is -2.03. The molecule has 31 heavy (non-hydrogen) atoms. The van der Waals surface area contributed by atoms with E-state index in [-0.39, 0.29) is 28.2 Å². The number of benzene rings is 1. The lowest BCUT2D eigenvalue weighted by atomic mass is 9.82. The molecule has 1 aliphatic carbocycles. The first-order valence-electron chi connectivity index (χ1n) is 10.4. The molecule has 1 saturated carbocycles. The number of carbonyl (C=O) groups is 1. The van der Waals surface area contributed by atoms with Gasteiger partial charge in [-0.2, -0.15) is 0 Å². The van der Waals surface area contributed by atoms with Crippen molar-refractivity contribution in [2.24, 2.45) is 5.92 Å². The van der Waals surface area contributed by atoms with Gasteiger partial charge in [0, 0.05) is 19.2 Å². The number of sulfone groups is 1. The predicted octanol–water partition coefficient (Wildman–Crippen LogP) is 3.90. The van der Waals surface area contributed by atoms with Gasteiger partial charge in [-0.05, 0) is 56.5 Å². The average molecular weight is 465 g/mol. The van der Waals surface area contributed by atoms with Gasteiger partial charge >= 0.3 is 0 Å². The van der Waals surface area contributed by atoms with Crippen LogP contribution in [0.3, 0.4) is 0 Å². The monoisotopic (exact) mass is 464 g/mol. The maximum atomic E-state index is 12.8. The lowest BCUT2D eigenvalue weighted by Gasteiger charge is -2.24. The third-order valence-corrected chi connectivity index (χ3v) is 7.19. The van der Waals surface area contributed by atoms with Crippen LogP contribution in [0.1, 0.15) is 49.3 Å². The minimum atomic E-state index is -3.40. The SMILES string of the molecule is CN(C)Cc1cnc(NC(=O)C[C@@H](c2ccc(S(C)(=O)=O)c(Cl)c2)C2CCCC2)cn1. The number of rotatable bonds is 8. The molecule has 0 aliphatic heterocycles. The van der Waals surface area contributed by atoms with Gasteiger partial charge in [-0.1, -0.05) is 30.5 Å². The third-order valence-electron chi connectivity index (χ3n) is 5.61. The maximum absolute atomic E-state index is 12.8. The van der Waals surface area contributed by atoms with Gasteiger partial charge in [0.1, 0.15) is 0 Å². The van der Waals surface area contributed by atoms with Crippen molar-refractivity contribution in [1.82, 2.24) is 14.9 Å². The van der Waals surface area contributed by atoms with E-state index in [1.54, 1.807) is 30.6 Å². The van der Waals surface area contributed by atoms with Gasteiger partial charge in [0.25, 0.3) is 0 Å². The smallest absolute Gasteiger partial charge is 0.226 e. The van der Waals surface area contributed by atoms with Crippen LogP contribution in [0.5, 0.6) is 0 Å². The topological polar surface area (TPSA) is 92.3 Å². The normalized spacial score (nSPS) is 15.9. The van der Waals surface area contributed by atoms with E-state index in [0.717, 1.165) is 43.2 Å². The van der Waals surface area contributed by atoms with E-state index in [4.69, 9.17) is 11.6 Å². The largest absolute Gasteiger partial charge is 0.309 e. The van der Waals surface area contributed by atoms with Crippen LogP contribution in [0.25, 0.3) is 0 Å². The number of anilines is 1. The van der Waals surface area contributed by atoms with Crippen molar-refractivity contribution in [3.05, 3.63) is 46.9 Å². The number of carbonyl (C=O) groups excluding carboxylic acids is 1. The van der Waals surface area contributed by atoms with Crippen LogP contribution in [-0.2, 0) is 21.2 Å². The van der Waals surface area contributed by atoms with Crippen molar-refractivity contribution >= 4 is 33.2 Å². The fourth-order valence-electron chi connectivity index (χ4n) is 4.18. The second-order valence-corrected chi connectivity index (χ2v) is 10.9. The van der Waals surface area contributed by atoms with Crippen molar-refractivity contribution in [3.63, 3.8) is 0 Å². The number of nitrogens with one attached hydrogen (secondary N) is 1. The summed E-state index contributed by atoms with van der Waals surface area (Å²) in [5, 5.41) is 3.04. The van der Waals surface area contributed by atoms with E-state index in [9.17, 15) is 13.2 Å². The number of halogens is 1. The van der Waals surface area contributed by atoms with Crippen LogP contribution >= 0.6 is 11.6 Å². The zero-order valence-corrected chi connectivity index (χ0v) is 19.7. The van der Waals surface area contributed by atoms with Gasteiger partial charge in [0.05, 0.1) is 28.0 Å². The summed E-state index contributed by atoms with van der Waals surface area (Å²) < 4.78 is 23.8. The molecule has 168 valence electrons. The minimum Gasteiger partial charge on any atom is -0.309 e. The molecule has 1 fully saturated rings. The Kier molecular flexibility index (Phi) is 7.67. The number of aromatic nitrogens is 2. The molecule has 1 N–H and O–H groups in total. The molecule has 1 aliphatic rings. The third kappa shape index (κ3) is 6.48. The van der Waals surface area contributed by atoms with Crippen LogP contribution in [0.4, 0.5) is 5.82 Å². The number of amides is 1. The Labute approximate surface area is 189 Å². The molecule has 0 radical (unpaired) electrons. The number of hydrogen-bond donors (Lipinski definition) is 1. The Balaban J connectivity index is 1.75. The molecule has 0 spiro atoms. The molecule has 3 rings (SSSR count). The summed E-state index contributed by atoms with van der Waals surface area (Å²) in [6.45, 7) is 0.676. The summed E-state index contributed by atoms with van der Waals surface area (Å²) in [6.07, 6.45) is 9.01. The van der Waals surface area contributed by atoms with Crippen molar-refractivity contribution in [3.8, 4) is 0 Å². The van der Waals surface area contributed by atoms with Crippen LogP contribution in [0, 0.1) is 5.92 Å². The second-order valence-electron chi connectivity index (χ2n) is 8.50. The number of hydrogen-bond acceptors (Lipinski definition) is 6. The Morgan fingerprint density at radius 1 is 1.23 bits per heavy atom. The quantitative estimate of drug-likeness (QED) is 0.637. The molecular weight excluding hydrogens is 436 g/mol. The van der Waals surface area contributed by atoms with Crippen LogP contribution in [0.2, 0.25) is 5.02 Å². The van der Waals surface area contributed by atoms with Crippen molar-refractivity contribution in [2.45, 2.75) is 49.5 Å². The first-order valence-corrected chi connectivity index (χ1v) is 12.7. The molecule has 0 bridgehead atoms. The van der Waals surface area contributed by atoms with E-state index in [2.05, 4.69) is 15.3 Å². The molecule has 7 nitrogen and oxygen atoms in total. The predicted molar refractivity (Wildman–Crippen MR) is 122 cm³/mol. The molecule has 2 aromatic rings. The summed E-state index contributed by atoms with van der Waals surface area (Å²) >= 11 is 6.28. The molecule has 1 aromatic carbocycles. The van der Waals surface area contributed by atoms with Crippen LogP contribution in [0.15, 0.2) is 35.5 Å². The van der Waals surface area contributed by atoms with Gasteiger partial charge in [-0.15, -0.1) is 0 Å². The van der Waals surface area contributed by atoms with Gasteiger partial charge < -0.3 is 10.2 Å². The molecule has 1 heterocycles. The zero-order valence-electron chi connectivity index (χ0n) is 18.1. The van der Waals surface area contributed by atoms with E-state index in [0.29, 0.717) is 18.3 Å². The lowest BCUT2D eigenvalue weighted by Crippen LogP contribution is -2.21.